The van der Waals surface area contributed by atoms with E-state index in [1.807, 2.05) is 6.07 Å². The van der Waals surface area contributed by atoms with Crippen LogP contribution in [0.2, 0.25) is 0 Å². The molecule has 1 N–H and O–H groups in total. The summed E-state index contributed by atoms with van der Waals surface area (Å²) >= 11 is 0. The number of rotatable bonds is 3. The van der Waals surface area contributed by atoms with Crippen LogP contribution < -0.4 is 10.9 Å². The van der Waals surface area contributed by atoms with Crippen LogP contribution in [0.1, 0.15) is 13.3 Å². The Hall–Kier alpha value is -2.25. The number of hydrogen-bond acceptors (Lipinski definition) is 5. The zero-order valence-corrected chi connectivity index (χ0v) is 14.2. The summed E-state index contributed by atoms with van der Waals surface area (Å²) in [5.41, 5.74) is 0.456. The van der Waals surface area contributed by atoms with E-state index in [9.17, 15) is 9.59 Å². The fourth-order valence-electron chi connectivity index (χ4n) is 3.79. The summed E-state index contributed by atoms with van der Waals surface area (Å²) < 4.78 is 7.06. The fourth-order valence-corrected chi connectivity index (χ4v) is 3.79. The second kappa shape index (κ2) is 6.57. The zero-order valence-electron chi connectivity index (χ0n) is 14.2. The minimum atomic E-state index is -0.188. The molecule has 25 heavy (non-hydrogen) atoms. The smallest absolute Gasteiger partial charge is 0.261 e. The number of hydrogen-bond donors (Lipinski definition) is 1. The summed E-state index contributed by atoms with van der Waals surface area (Å²) in [7, 11) is 0. The SMILES string of the molecule is C[C@H]1CN2C[C@H](NC(=O)Cn3cnc4ccccc4c3=O)C[C@H]2CO1. The first kappa shape index (κ1) is 16.2. The first-order valence-electron chi connectivity index (χ1n) is 8.69. The van der Waals surface area contributed by atoms with Crippen LogP contribution in [0.25, 0.3) is 10.9 Å². The van der Waals surface area contributed by atoms with Gasteiger partial charge < -0.3 is 10.1 Å². The van der Waals surface area contributed by atoms with E-state index in [2.05, 4.69) is 22.1 Å². The lowest BCUT2D eigenvalue weighted by atomic mass is 10.1. The Morgan fingerprint density at radius 1 is 1.36 bits per heavy atom. The second-order valence-electron chi connectivity index (χ2n) is 6.95. The number of morpholine rings is 1. The molecule has 2 aliphatic rings. The van der Waals surface area contributed by atoms with Crippen molar-refractivity contribution in [1.82, 2.24) is 19.8 Å². The van der Waals surface area contributed by atoms with E-state index < -0.39 is 0 Å². The Morgan fingerprint density at radius 2 is 2.20 bits per heavy atom. The van der Waals surface area contributed by atoms with Crippen LogP contribution >= 0.6 is 0 Å². The molecule has 2 aliphatic heterocycles. The average molecular weight is 342 g/mol. The molecule has 0 unspecified atom stereocenters. The van der Waals surface area contributed by atoms with Crippen LogP contribution in [0, 0.1) is 0 Å². The highest BCUT2D eigenvalue weighted by Crippen LogP contribution is 2.23. The number of carbonyl (C=O) groups is 1. The van der Waals surface area contributed by atoms with Gasteiger partial charge in [-0.05, 0) is 25.5 Å². The van der Waals surface area contributed by atoms with Gasteiger partial charge in [-0.1, -0.05) is 12.1 Å². The zero-order chi connectivity index (χ0) is 17.4. The van der Waals surface area contributed by atoms with Crippen LogP contribution in [0.3, 0.4) is 0 Å². The van der Waals surface area contributed by atoms with Crippen molar-refractivity contribution in [2.75, 3.05) is 19.7 Å². The Morgan fingerprint density at radius 3 is 3.08 bits per heavy atom. The number of benzene rings is 1. The minimum absolute atomic E-state index is 0.00919. The second-order valence-corrected chi connectivity index (χ2v) is 6.95. The van der Waals surface area contributed by atoms with E-state index in [4.69, 9.17) is 4.74 Å². The van der Waals surface area contributed by atoms with Crippen molar-refractivity contribution in [3.05, 3.63) is 40.9 Å². The van der Waals surface area contributed by atoms with Gasteiger partial charge in [-0.25, -0.2) is 4.98 Å². The molecule has 7 nitrogen and oxygen atoms in total. The number of carbonyl (C=O) groups excluding carboxylic acids is 1. The van der Waals surface area contributed by atoms with Gasteiger partial charge in [0.15, 0.2) is 0 Å². The normalized spacial score (nSPS) is 26.5. The van der Waals surface area contributed by atoms with Crippen molar-refractivity contribution >= 4 is 16.8 Å². The number of para-hydroxylation sites is 1. The number of aromatic nitrogens is 2. The highest BCUT2D eigenvalue weighted by molar-refractivity contribution is 5.79. The van der Waals surface area contributed by atoms with E-state index in [-0.39, 0.29) is 30.2 Å². The quantitative estimate of drug-likeness (QED) is 0.872. The maximum Gasteiger partial charge on any atom is 0.261 e. The molecule has 1 amide bonds. The van der Waals surface area contributed by atoms with Gasteiger partial charge in [0, 0.05) is 25.2 Å². The van der Waals surface area contributed by atoms with Gasteiger partial charge in [-0.15, -0.1) is 0 Å². The van der Waals surface area contributed by atoms with E-state index in [0.717, 1.165) is 26.1 Å². The average Bonchev–Trinajstić information content (AvgIpc) is 2.98. The maximum atomic E-state index is 12.5. The first-order valence-corrected chi connectivity index (χ1v) is 8.69. The molecule has 132 valence electrons. The summed E-state index contributed by atoms with van der Waals surface area (Å²) in [5.74, 6) is -0.155. The molecule has 2 saturated heterocycles. The van der Waals surface area contributed by atoms with Crippen molar-refractivity contribution in [3.8, 4) is 0 Å². The molecule has 7 heteroatoms. The van der Waals surface area contributed by atoms with Crippen molar-refractivity contribution in [2.24, 2.45) is 0 Å². The third-order valence-electron chi connectivity index (χ3n) is 5.00. The maximum absolute atomic E-state index is 12.5. The van der Waals surface area contributed by atoms with Crippen LogP contribution in [0.4, 0.5) is 0 Å². The molecule has 2 fully saturated rings. The van der Waals surface area contributed by atoms with Crippen LogP contribution in [-0.2, 0) is 16.1 Å². The van der Waals surface area contributed by atoms with Gasteiger partial charge in [-0.2, -0.15) is 0 Å². The minimum Gasteiger partial charge on any atom is -0.376 e. The van der Waals surface area contributed by atoms with Crippen molar-refractivity contribution in [3.63, 3.8) is 0 Å². The monoisotopic (exact) mass is 342 g/mol. The molecule has 3 atom stereocenters. The molecule has 0 spiro atoms. The number of fused-ring (bicyclic) bond motifs is 2. The van der Waals surface area contributed by atoms with E-state index in [1.165, 1.54) is 10.9 Å². The van der Waals surface area contributed by atoms with Crippen molar-refractivity contribution < 1.29 is 9.53 Å². The number of amides is 1. The molecule has 4 rings (SSSR count). The van der Waals surface area contributed by atoms with E-state index in [1.54, 1.807) is 18.2 Å². The number of nitrogens with one attached hydrogen (secondary N) is 1. The van der Waals surface area contributed by atoms with E-state index >= 15 is 0 Å². The van der Waals surface area contributed by atoms with Gasteiger partial charge in [0.25, 0.3) is 5.56 Å². The summed E-state index contributed by atoms with van der Waals surface area (Å²) in [5, 5.41) is 3.58. The van der Waals surface area contributed by atoms with Crippen molar-refractivity contribution in [1.29, 1.82) is 0 Å². The van der Waals surface area contributed by atoms with Gasteiger partial charge in [-0.3, -0.25) is 19.1 Å². The van der Waals surface area contributed by atoms with Crippen molar-refractivity contribution in [2.45, 2.75) is 38.1 Å². The number of nitrogens with zero attached hydrogens (tertiary/aromatic N) is 3. The summed E-state index contributed by atoms with van der Waals surface area (Å²) in [6, 6.07) is 7.65. The third kappa shape index (κ3) is 3.29. The van der Waals surface area contributed by atoms with Gasteiger partial charge in [0.2, 0.25) is 5.91 Å². The summed E-state index contributed by atoms with van der Waals surface area (Å²) in [6.07, 6.45) is 2.58. The van der Waals surface area contributed by atoms with Crippen LogP contribution in [0.5, 0.6) is 0 Å². The topological polar surface area (TPSA) is 76.5 Å². The third-order valence-corrected chi connectivity index (χ3v) is 5.00. The van der Waals surface area contributed by atoms with E-state index in [0.29, 0.717) is 16.9 Å². The van der Waals surface area contributed by atoms with Gasteiger partial charge in [0.1, 0.15) is 6.54 Å². The molecule has 1 aromatic carbocycles. The molecule has 1 aromatic heterocycles. The molecular weight excluding hydrogens is 320 g/mol. The molecule has 0 saturated carbocycles. The number of ether oxygens (including phenoxy) is 1. The first-order chi connectivity index (χ1) is 12.1. The Bertz CT molecular complexity index is 850. The fraction of sp³-hybridized carbons (Fsp3) is 0.500. The van der Waals surface area contributed by atoms with Crippen LogP contribution in [0.15, 0.2) is 35.4 Å². The predicted octanol–water partition coefficient (Wildman–Crippen LogP) is 0.374. The Kier molecular flexibility index (Phi) is 4.27. The predicted molar refractivity (Wildman–Crippen MR) is 93.3 cm³/mol. The molecule has 0 aliphatic carbocycles. The standard InChI is InChI=1S/C18H22N4O3/c1-12-7-21-8-13(6-14(21)10-25-12)20-17(23)9-22-11-19-16-5-3-2-4-15(16)18(22)24/h2-5,11-14H,6-10H2,1H3,(H,20,23)/t12-,13+,14-/m0/s1. The lowest BCUT2D eigenvalue weighted by Gasteiger charge is -2.33. The Balaban J connectivity index is 1.41. The molecular formula is C18H22N4O3. The lowest BCUT2D eigenvalue weighted by Crippen LogP contribution is -2.45. The molecule has 0 bridgehead atoms. The Labute approximate surface area is 145 Å². The van der Waals surface area contributed by atoms with Gasteiger partial charge >= 0.3 is 0 Å². The molecule has 0 radical (unpaired) electrons. The lowest BCUT2D eigenvalue weighted by molar-refractivity contribution is -0.122. The largest absolute Gasteiger partial charge is 0.376 e. The molecule has 2 aromatic rings. The van der Waals surface area contributed by atoms with Gasteiger partial charge in [0.05, 0.1) is 29.9 Å². The summed E-state index contributed by atoms with van der Waals surface area (Å²) in [4.78, 5) is 31.5. The molecule has 3 heterocycles. The highest BCUT2D eigenvalue weighted by Gasteiger charge is 2.36. The summed E-state index contributed by atoms with van der Waals surface area (Å²) in [6.45, 7) is 4.54. The highest BCUT2D eigenvalue weighted by atomic mass is 16.5. The van der Waals surface area contributed by atoms with Crippen LogP contribution in [-0.4, -0.2) is 58.2 Å².